The Balaban J connectivity index is 4.19. The third-order valence-electron chi connectivity index (χ3n) is 2.96. The van der Waals surface area contributed by atoms with Crippen molar-refractivity contribution in [2.75, 3.05) is 13.7 Å². The van der Waals surface area contributed by atoms with Crippen LogP contribution in [0.15, 0.2) is 0 Å². The van der Waals surface area contributed by atoms with E-state index in [4.69, 9.17) is 4.74 Å². The van der Waals surface area contributed by atoms with Gasteiger partial charge in [0.1, 0.15) is 0 Å². The van der Waals surface area contributed by atoms with Gasteiger partial charge in [0.15, 0.2) is 0 Å². The fraction of sp³-hybridized carbons (Fsp3) is 1.00. The Bertz CT molecular complexity index is 197. The molecule has 0 aliphatic heterocycles. The Morgan fingerprint density at radius 3 is 2.22 bits per heavy atom. The first-order chi connectivity index (χ1) is 8.44. The molecule has 0 aromatic carbocycles. The number of alkyl halides is 3. The van der Waals surface area contributed by atoms with Crippen LogP contribution in [0, 0.1) is 0 Å². The summed E-state index contributed by atoms with van der Waals surface area (Å²) in [5.74, 6) is 0. The molecule has 0 saturated carbocycles. The molecule has 2 unspecified atom stereocenters. The summed E-state index contributed by atoms with van der Waals surface area (Å²) in [6.45, 7) is 4.92. The summed E-state index contributed by atoms with van der Waals surface area (Å²) >= 11 is 0. The Hall–Kier alpha value is -0.290. The molecule has 5 heteroatoms. The van der Waals surface area contributed by atoms with E-state index in [1.165, 1.54) is 0 Å². The maximum atomic E-state index is 12.1. The number of rotatable bonds is 10. The Morgan fingerprint density at radius 2 is 1.78 bits per heavy atom. The highest BCUT2D eigenvalue weighted by molar-refractivity contribution is 4.77. The van der Waals surface area contributed by atoms with Gasteiger partial charge in [-0.15, -0.1) is 0 Å². The van der Waals surface area contributed by atoms with Crippen molar-refractivity contribution >= 4 is 0 Å². The van der Waals surface area contributed by atoms with Gasteiger partial charge in [-0.25, -0.2) is 0 Å². The topological polar surface area (TPSA) is 21.3 Å². The Morgan fingerprint density at radius 1 is 1.11 bits per heavy atom. The van der Waals surface area contributed by atoms with Crippen LogP contribution in [0.25, 0.3) is 0 Å². The highest BCUT2D eigenvalue weighted by Crippen LogP contribution is 2.23. The summed E-state index contributed by atoms with van der Waals surface area (Å²) in [5, 5.41) is 3.30. The summed E-state index contributed by atoms with van der Waals surface area (Å²) in [5.41, 5.74) is 0. The van der Waals surface area contributed by atoms with Crippen molar-refractivity contribution in [1.82, 2.24) is 5.32 Å². The van der Waals surface area contributed by atoms with Crippen LogP contribution in [0.3, 0.4) is 0 Å². The molecule has 0 fully saturated rings. The van der Waals surface area contributed by atoms with Gasteiger partial charge >= 0.3 is 6.18 Å². The van der Waals surface area contributed by atoms with Crippen molar-refractivity contribution in [1.29, 1.82) is 0 Å². The van der Waals surface area contributed by atoms with Crippen LogP contribution in [-0.2, 0) is 4.74 Å². The van der Waals surface area contributed by atoms with Crippen molar-refractivity contribution in [2.24, 2.45) is 0 Å². The molecule has 110 valence electrons. The van der Waals surface area contributed by atoms with Crippen LogP contribution >= 0.6 is 0 Å². The molecule has 0 aliphatic rings. The molecule has 0 amide bonds. The predicted molar refractivity (Wildman–Crippen MR) is 67.7 cm³/mol. The van der Waals surface area contributed by atoms with Gasteiger partial charge in [0.05, 0.1) is 6.10 Å². The smallest absolute Gasteiger partial charge is 0.380 e. The van der Waals surface area contributed by atoms with E-state index in [1.807, 2.05) is 6.92 Å². The second kappa shape index (κ2) is 9.62. The van der Waals surface area contributed by atoms with Gasteiger partial charge in [0.2, 0.25) is 0 Å². The number of methoxy groups -OCH3 is 1. The lowest BCUT2D eigenvalue weighted by molar-refractivity contribution is -0.136. The zero-order valence-corrected chi connectivity index (χ0v) is 11.6. The number of ether oxygens (including phenoxy) is 1. The van der Waals surface area contributed by atoms with Crippen LogP contribution in [0.2, 0.25) is 0 Å². The molecular formula is C13H26F3NO. The van der Waals surface area contributed by atoms with E-state index in [0.717, 1.165) is 25.8 Å². The molecule has 18 heavy (non-hydrogen) atoms. The highest BCUT2D eigenvalue weighted by atomic mass is 19.4. The van der Waals surface area contributed by atoms with Gasteiger partial charge < -0.3 is 10.1 Å². The molecule has 0 rings (SSSR count). The average Bonchev–Trinajstić information content (AvgIpc) is 2.29. The van der Waals surface area contributed by atoms with Gasteiger partial charge in [-0.1, -0.05) is 20.3 Å². The monoisotopic (exact) mass is 269 g/mol. The summed E-state index contributed by atoms with van der Waals surface area (Å²) < 4.78 is 41.8. The first-order valence-electron chi connectivity index (χ1n) is 6.77. The van der Waals surface area contributed by atoms with Crippen LogP contribution in [0.1, 0.15) is 52.4 Å². The van der Waals surface area contributed by atoms with Crippen molar-refractivity contribution in [3.63, 3.8) is 0 Å². The molecule has 0 aliphatic carbocycles. The molecule has 1 N–H and O–H groups in total. The molecule has 0 radical (unpaired) electrons. The summed E-state index contributed by atoms with van der Waals surface area (Å²) in [6, 6.07) is 0.0252. The first-order valence-corrected chi connectivity index (χ1v) is 6.77. The van der Waals surface area contributed by atoms with E-state index < -0.39 is 12.6 Å². The third-order valence-corrected chi connectivity index (χ3v) is 2.96. The van der Waals surface area contributed by atoms with Crippen LogP contribution < -0.4 is 5.32 Å². The van der Waals surface area contributed by atoms with Crippen molar-refractivity contribution in [2.45, 2.75) is 70.7 Å². The van der Waals surface area contributed by atoms with E-state index >= 15 is 0 Å². The lowest BCUT2D eigenvalue weighted by Crippen LogP contribution is -2.41. The normalized spacial score (nSPS) is 15.7. The zero-order valence-electron chi connectivity index (χ0n) is 11.6. The fourth-order valence-electron chi connectivity index (χ4n) is 2.04. The zero-order chi connectivity index (χ0) is 14.0. The number of halogens is 3. The highest BCUT2D eigenvalue weighted by Gasteiger charge is 2.28. The largest absolute Gasteiger partial charge is 0.389 e. The van der Waals surface area contributed by atoms with E-state index in [-0.39, 0.29) is 18.6 Å². The standard InChI is InChI=1S/C13H26F3NO/c1-4-7-12(18-3)11(17-10-5-2)8-6-9-13(14,15)16/h11-12,17H,4-10H2,1-3H3. The van der Waals surface area contributed by atoms with Crippen LogP contribution in [0.4, 0.5) is 13.2 Å². The lowest BCUT2D eigenvalue weighted by atomic mass is 10.00. The van der Waals surface area contributed by atoms with Crippen molar-refractivity contribution in [3.05, 3.63) is 0 Å². The van der Waals surface area contributed by atoms with Crippen molar-refractivity contribution in [3.8, 4) is 0 Å². The number of hydrogen-bond donors (Lipinski definition) is 1. The summed E-state index contributed by atoms with van der Waals surface area (Å²) in [4.78, 5) is 0. The maximum absolute atomic E-state index is 12.1. The molecule has 0 aromatic rings. The minimum absolute atomic E-state index is 0.00906. The second-order valence-electron chi connectivity index (χ2n) is 4.63. The minimum Gasteiger partial charge on any atom is -0.380 e. The van der Waals surface area contributed by atoms with Gasteiger partial charge in [-0.3, -0.25) is 0 Å². The second-order valence-corrected chi connectivity index (χ2v) is 4.63. The Kier molecular flexibility index (Phi) is 9.46. The molecular weight excluding hydrogens is 243 g/mol. The van der Waals surface area contributed by atoms with E-state index in [1.54, 1.807) is 7.11 Å². The van der Waals surface area contributed by atoms with Gasteiger partial charge in [-0.2, -0.15) is 13.2 Å². The number of hydrogen-bond acceptors (Lipinski definition) is 2. The fourth-order valence-corrected chi connectivity index (χ4v) is 2.04. The third kappa shape index (κ3) is 8.75. The summed E-state index contributed by atoms with van der Waals surface area (Å²) in [6.07, 6.45) is -1.26. The molecule has 0 aromatic heterocycles. The molecule has 0 heterocycles. The average molecular weight is 269 g/mol. The molecule has 0 saturated heterocycles. The molecule has 0 bridgehead atoms. The SMILES string of the molecule is CCCNC(CCCC(F)(F)F)C(CCC)OC. The van der Waals surface area contributed by atoms with E-state index in [9.17, 15) is 13.2 Å². The Labute approximate surface area is 108 Å². The van der Waals surface area contributed by atoms with Crippen LogP contribution in [0.5, 0.6) is 0 Å². The van der Waals surface area contributed by atoms with Gasteiger partial charge in [-0.05, 0) is 32.2 Å². The maximum Gasteiger partial charge on any atom is 0.389 e. The lowest BCUT2D eigenvalue weighted by Gasteiger charge is -2.27. The first kappa shape index (κ1) is 17.7. The van der Waals surface area contributed by atoms with Gasteiger partial charge in [0.25, 0.3) is 0 Å². The van der Waals surface area contributed by atoms with Crippen molar-refractivity contribution < 1.29 is 17.9 Å². The molecule has 0 spiro atoms. The molecule has 2 nitrogen and oxygen atoms in total. The predicted octanol–water partition coefficient (Wildman–Crippen LogP) is 3.90. The molecule has 2 atom stereocenters. The van der Waals surface area contributed by atoms with E-state index in [2.05, 4.69) is 12.2 Å². The van der Waals surface area contributed by atoms with Gasteiger partial charge in [0, 0.05) is 19.6 Å². The quantitative estimate of drug-likeness (QED) is 0.649. The minimum atomic E-state index is -4.05. The van der Waals surface area contributed by atoms with Crippen LogP contribution in [-0.4, -0.2) is 32.0 Å². The number of nitrogens with one attached hydrogen (secondary N) is 1. The van der Waals surface area contributed by atoms with E-state index in [0.29, 0.717) is 6.42 Å². The summed E-state index contributed by atoms with van der Waals surface area (Å²) in [7, 11) is 1.63.